The van der Waals surface area contributed by atoms with Gasteiger partial charge in [0, 0.05) is 5.69 Å². The zero-order chi connectivity index (χ0) is 15.2. The van der Waals surface area contributed by atoms with Crippen molar-refractivity contribution in [3.05, 3.63) is 65.5 Å². The van der Waals surface area contributed by atoms with Crippen LogP contribution < -0.4 is 11.1 Å². The highest BCUT2D eigenvalue weighted by Gasteiger charge is 2.14. The fourth-order valence-electron chi connectivity index (χ4n) is 2.05. The molecule has 0 spiro atoms. The van der Waals surface area contributed by atoms with Gasteiger partial charge in [-0.2, -0.15) is 0 Å². The van der Waals surface area contributed by atoms with Crippen molar-refractivity contribution in [1.82, 2.24) is 0 Å². The van der Waals surface area contributed by atoms with Crippen LogP contribution in [0.3, 0.4) is 0 Å². The molecule has 0 aliphatic carbocycles. The van der Waals surface area contributed by atoms with Crippen molar-refractivity contribution in [2.75, 3.05) is 5.32 Å². The summed E-state index contributed by atoms with van der Waals surface area (Å²) in [6, 6.07) is 13.5. The first-order valence-electron chi connectivity index (χ1n) is 6.93. The summed E-state index contributed by atoms with van der Waals surface area (Å²) >= 11 is 0. The van der Waals surface area contributed by atoms with Crippen LogP contribution in [0.25, 0.3) is 0 Å². The van der Waals surface area contributed by atoms with Gasteiger partial charge in [-0.15, -0.1) is 0 Å². The van der Waals surface area contributed by atoms with E-state index in [1.165, 1.54) is 12.1 Å². The minimum atomic E-state index is -0.618. The molecule has 1 atom stereocenters. The van der Waals surface area contributed by atoms with Gasteiger partial charge in [-0.3, -0.25) is 4.79 Å². The van der Waals surface area contributed by atoms with Crippen LogP contribution in [-0.4, -0.2) is 11.9 Å². The van der Waals surface area contributed by atoms with Crippen molar-refractivity contribution in [1.29, 1.82) is 0 Å². The maximum Gasteiger partial charge on any atom is 0.241 e. The smallest absolute Gasteiger partial charge is 0.241 e. The van der Waals surface area contributed by atoms with Gasteiger partial charge in [0.1, 0.15) is 5.82 Å². The predicted octanol–water partition coefficient (Wildman–Crippen LogP) is 3.03. The molecule has 0 fully saturated rings. The third kappa shape index (κ3) is 4.39. The standard InChI is InChI=1S/C17H19FN2O/c1-12-7-9-14(18)11-16(12)20-17(21)15(19)10-8-13-5-3-2-4-6-13/h2-7,9,11,15H,8,10,19H2,1H3,(H,20,21)/t15-/m0/s1. The number of rotatable bonds is 5. The van der Waals surface area contributed by atoms with Gasteiger partial charge in [-0.05, 0) is 43.0 Å². The Bertz CT molecular complexity index is 613. The molecule has 1 amide bonds. The average Bonchev–Trinajstić information content (AvgIpc) is 2.49. The number of amides is 1. The molecule has 3 N–H and O–H groups in total. The van der Waals surface area contributed by atoms with Gasteiger partial charge in [0.15, 0.2) is 0 Å². The van der Waals surface area contributed by atoms with E-state index >= 15 is 0 Å². The van der Waals surface area contributed by atoms with Crippen LogP contribution in [0, 0.1) is 12.7 Å². The van der Waals surface area contributed by atoms with Gasteiger partial charge in [-0.1, -0.05) is 36.4 Å². The molecule has 2 aromatic rings. The highest BCUT2D eigenvalue weighted by Crippen LogP contribution is 2.16. The zero-order valence-electron chi connectivity index (χ0n) is 12.0. The van der Waals surface area contributed by atoms with Crippen LogP contribution >= 0.6 is 0 Å². The van der Waals surface area contributed by atoms with Crippen molar-refractivity contribution in [2.45, 2.75) is 25.8 Å². The number of anilines is 1. The average molecular weight is 286 g/mol. The van der Waals surface area contributed by atoms with E-state index in [9.17, 15) is 9.18 Å². The number of hydrogen-bond acceptors (Lipinski definition) is 2. The fraction of sp³-hybridized carbons (Fsp3) is 0.235. The minimum Gasteiger partial charge on any atom is -0.324 e. The van der Waals surface area contributed by atoms with Crippen LogP contribution in [0.4, 0.5) is 10.1 Å². The van der Waals surface area contributed by atoms with Gasteiger partial charge in [-0.25, -0.2) is 4.39 Å². The van der Waals surface area contributed by atoms with Crippen molar-refractivity contribution in [3.63, 3.8) is 0 Å². The van der Waals surface area contributed by atoms with Crippen LogP contribution in [0.1, 0.15) is 17.5 Å². The van der Waals surface area contributed by atoms with E-state index in [2.05, 4.69) is 5.32 Å². The molecule has 0 saturated heterocycles. The molecule has 0 aromatic heterocycles. The second-order valence-corrected chi connectivity index (χ2v) is 5.08. The number of halogens is 1. The Labute approximate surface area is 124 Å². The summed E-state index contributed by atoms with van der Waals surface area (Å²) in [6.07, 6.45) is 1.28. The Morgan fingerprint density at radius 3 is 2.67 bits per heavy atom. The number of nitrogens with one attached hydrogen (secondary N) is 1. The Hall–Kier alpha value is -2.20. The molecule has 2 aromatic carbocycles. The third-order valence-corrected chi connectivity index (χ3v) is 3.38. The molecule has 0 saturated carbocycles. The number of benzene rings is 2. The molecule has 0 bridgehead atoms. The molecule has 0 aliphatic heterocycles. The maximum atomic E-state index is 13.2. The van der Waals surface area contributed by atoms with E-state index in [0.717, 1.165) is 17.5 Å². The monoisotopic (exact) mass is 286 g/mol. The summed E-state index contributed by atoms with van der Waals surface area (Å²) in [5.74, 6) is -0.673. The molecule has 110 valence electrons. The molecular formula is C17H19FN2O. The highest BCUT2D eigenvalue weighted by molar-refractivity contribution is 5.95. The van der Waals surface area contributed by atoms with Crippen molar-refractivity contribution in [2.24, 2.45) is 5.73 Å². The number of carbonyl (C=O) groups is 1. The van der Waals surface area contributed by atoms with E-state index in [1.807, 2.05) is 37.3 Å². The normalized spacial score (nSPS) is 12.0. The summed E-state index contributed by atoms with van der Waals surface area (Å²) in [7, 11) is 0. The number of hydrogen-bond donors (Lipinski definition) is 2. The summed E-state index contributed by atoms with van der Waals surface area (Å²) in [6.45, 7) is 1.81. The first-order valence-corrected chi connectivity index (χ1v) is 6.93. The molecule has 4 heteroatoms. The van der Waals surface area contributed by atoms with Crippen molar-refractivity contribution in [3.8, 4) is 0 Å². The van der Waals surface area contributed by atoms with Gasteiger partial charge < -0.3 is 11.1 Å². The van der Waals surface area contributed by atoms with Gasteiger partial charge >= 0.3 is 0 Å². The molecule has 0 unspecified atom stereocenters. The van der Waals surface area contributed by atoms with E-state index < -0.39 is 6.04 Å². The van der Waals surface area contributed by atoms with Crippen LogP contribution in [0.2, 0.25) is 0 Å². The molecular weight excluding hydrogens is 267 g/mol. The third-order valence-electron chi connectivity index (χ3n) is 3.38. The molecule has 3 nitrogen and oxygen atoms in total. The van der Waals surface area contributed by atoms with Crippen molar-refractivity contribution >= 4 is 11.6 Å². The summed E-state index contributed by atoms with van der Waals surface area (Å²) < 4.78 is 13.2. The zero-order valence-corrected chi connectivity index (χ0v) is 12.0. The lowest BCUT2D eigenvalue weighted by atomic mass is 10.1. The minimum absolute atomic E-state index is 0.292. The number of nitrogens with two attached hydrogens (primary N) is 1. The molecule has 2 rings (SSSR count). The Morgan fingerprint density at radius 2 is 1.95 bits per heavy atom. The van der Waals surface area contributed by atoms with E-state index in [1.54, 1.807) is 6.07 Å². The quantitative estimate of drug-likeness (QED) is 0.887. The van der Waals surface area contributed by atoms with Crippen LogP contribution in [0.15, 0.2) is 48.5 Å². The van der Waals surface area contributed by atoms with E-state index in [-0.39, 0.29) is 11.7 Å². The molecule has 0 aliphatic rings. The van der Waals surface area contributed by atoms with Gasteiger partial charge in [0.25, 0.3) is 0 Å². The largest absolute Gasteiger partial charge is 0.324 e. The number of aryl methyl sites for hydroxylation is 2. The predicted molar refractivity (Wildman–Crippen MR) is 82.5 cm³/mol. The lowest BCUT2D eigenvalue weighted by Crippen LogP contribution is -2.36. The van der Waals surface area contributed by atoms with Gasteiger partial charge in [0.05, 0.1) is 6.04 Å². The molecule has 21 heavy (non-hydrogen) atoms. The Kier molecular flexibility index (Phi) is 5.06. The van der Waals surface area contributed by atoms with Crippen molar-refractivity contribution < 1.29 is 9.18 Å². The van der Waals surface area contributed by atoms with Crippen LogP contribution in [-0.2, 0) is 11.2 Å². The van der Waals surface area contributed by atoms with Gasteiger partial charge in [0.2, 0.25) is 5.91 Å². The molecule has 0 heterocycles. The second kappa shape index (κ2) is 6.99. The topological polar surface area (TPSA) is 55.1 Å². The first-order chi connectivity index (χ1) is 10.1. The molecule has 0 radical (unpaired) electrons. The van der Waals surface area contributed by atoms with Crippen LogP contribution in [0.5, 0.6) is 0 Å². The highest BCUT2D eigenvalue weighted by atomic mass is 19.1. The Balaban J connectivity index is 1.92. The fourth-order valence-corrected chi connectivity index (χ4v) is 2.05. The SMILES string of the molecule is Cc1ccc(F)cc1NC(=O)[C@@H](N)CCc1ccccc1. The first kappa shape index (κ1) is 15.2. The van der Waals surface area contributed by atoms with E-state index in [0.29, 0.717) is 12.1 Å². The summed E-state index contributed by atoms with van der Waals surface area (Å²) in [4.78, 5) is 12.0. The second-order valence-electron chi connectivity index (χ2n) is 5.08. The summed E-state index contributed by atoms with van der Waals surface area (Å²) in [5, 5.41) is 2.68. The maximum absolute atomic E-state index is 13.2. The lowest BCUT2D eigenvalue weighted by molar-refractivity contribution is -0.117. The number of carbonyl (C=O) groups excluding carboxylic acids is 1. The lowest BCUT2D eigenvalue weighted by Gasteiger charge is -2.14. The van der Waals surface area contributed by atoms with E-state index in [4.69, 9.17) is 5.73 Å². The summed E-state index contributed by atoms with van der Waals surface area (Å²) in [5.41, 5.74) is 8.31. The Morgan fingerprint density at radius 1 is 1.24 bits per heavy atom.